The zero-order chi connectivity index (χ0) is 15.4. The van der Waals surface area contributed by atoms with Gasteiger partial charge < -0.3 is 14.5 Å². The topological polar surface area (TPSA) is 49.9 Å². The minimum Gasteiger partial charge on any atom is -0.369 e. The second kappa shape index (κ2) is 6.72. The third kappa shape index (κ3) is 2.93. The number of β-lactam (4-membered cyclic amide) rings is 1. The summed E-state index contributed by atoms with van der Waals surface area (Å²) < 4.78 is 5.33. The first-order chi connectivity index (χ1) is 10.1. The molecule has 0 radical (unpaired) electrons. The van der Waals surface area contributed by atoms with E-state index in [-0.39, 0.29) is 23.8 Å². The van der Waals surface area contributed by atoms with Crippen molar-refractivity contribution >= 4 is 11.7 Å². The van der Waals surface area contributed by atoms with Gasteiger partial charge in [0.25, 0.3) is 5.91 Å². The molecule has 0 aromatic heterocycles. The normalized spacial score (nSPS) is 28.5. The summed E-state index contributed by atoms with van der Waals surface area (Å²) in [5.74, 6) is 0.0723. The summed E-state index contributed by atoms with van der Waals surface area (Å²) in [6.07, 6.45) is 7.62. The average Bonchev–Trinajstić information content (AvgIpc) is 2.47. The summed E-state index contributed by atoms with van der Waals surface area (Å²) in [5.41, 5.74) is 0. The monoisotopic (exact) mass is 290 g/mol. The molecule has 0 bridgehead atoms. The molecule has 2 aliphatic heterocycles. The highest BCUT2D eigenvalue weighted by Crippen LogP contribution is 2.31. The molecule has 0 aliphatic carbocycles. The van der Waals surface area contributed by atoms with Gasteiger partial charge >= 0.3 is 0 Å². The van der Waals surface area contributed by atoms with Gasteiger partial charge in [0, 0.05) is 32.8 Å². The number of rotatable bonds is 7. The molecule has 21 heavy (non-hydrogen) atoms. The van der Waals surface area contributed by atoms with E-state index in [2.05, 4.69) is 18.1 Å². The van der Waals surface area contributed by atoms with Gasteiger partial charge in [-0.25, -0.2) is 0 Å². The van der Waals surface area contributed by atoms with Crippen LogP contribution in [0.1, 0.15) is 12.8 Å². The lowest BCUT2D eigenvalue weighted by Crippen LogP contribution is -2.72. The van der Waals surface area contributed by atoms with Crippen molar-refractivity contribution in [2.45, 2.75) is 31.0 Å². The van der Waals surface area contributed by atoms with Gasteiger partial charge in [-0.05, 0) is 12.5 Å². The Hall–Kier alpha value is -1.88. The van der Waals surface area contributed by atoms with Crippen LogP contribution in [0.25, 0.3) is 0 Å². The molecular weight excluding hydrogens is 268 g/mol. The molecule has 1 fully saturated rings. The first kappa shape index (κ1) is 15.5. The maximum absolute atomic E-state index is 12.1. The summed E-state index contributed by atoms with van der Waals surface area (Å²) in [7, 11) is 1.54. The molecule has 5 heteroatoms. The van der Waals surface area contributed by atoms with Crippen molar-refractivity contribution in [3.05, 3.63) is 37.6 Å². The number of amides is 1. The number of ketones is 1. The van der Waals surface area contributed by atoms with Crippen molar-refractivity contribution in [3.63, 3.8) is 0 Å². The Kier molecular flexibility index (Phi) is 4.96. The molecule has 1 amide bonds. The minimum atomic E-state index is -0.466. The van der Waals surface area contributed by atoms with Crippen LogP contribution in [0.4, 0.5) is 0 Å². The number of hydrogen-bond acceptors (Lipinski definition) is 4. The maximum atomic E-state index is 12.1. The van der Waals surface area contributed by atoms with Crippen LogP contribution in [0.2, 0.25) is 0 Å². The highest BCUT2D eigenvalue weighted by Gasteiger charge is 2.52. The van der Waals surface area contributed by atoms with E-state index in [9.17, 15) is 9.59 Å². The third-order valence-corrected chi connectivity index (χ3v) is 4.05. The molecule has 5 nitrogen and oxygen atoms in total. The Balaban J connectivity index is 2.19. The van der Waals surface area contributed by atoms with Crippen LogP contribution in [-0.4, -0.2) is 59.9 Å². The molecule has 0 aromatic rings. The van der Waals surface area contributed by atoms with Crippen molar-refractivity contribution in [3.8, 4) is 0 Å². The van der Waals surface area contributed by atoms with E-state index < -0.39 is 6.10 Å². The lowest BCUT2D eigenvalue weighted by Gasteiger charge is -2.52. The Morgan fingerprint density at radius 3 is 2.76 bits per heavy atom. The summed E-state index contributed by atoms with van der Waals surface area (Å²) in [6, 6.07) is -0.163. The maximum Gasteiger partial charge on any atom is 0.254 e. The molecule has 1 unspecified atom stereocenters. The van der Waals surface area contributed by atoms with Gasteiger partial charge in [0.1, 0.15) is 0 Å². The third-order valence-electron chi connectivity index (χ3n) is 4.05. The Labute approximate surface area is 125 Å². The second-order valence-corrected chi connectivity index (χ2v) is 5.29. The highest BCUT2D eigenvalue weighted by molar-refractivity contribution is 5.92. The van der Waals surface area contributed by atoms with Crippen molar-refractivity contribution < 1.29 is 14.3 Å². The fourth-order valence-electron chi connectivity index (χ4n) is 3.02. The van der Waals surface area contributed by atoms with E-state index in [1.165, 1.54) is 0 Å². The summed E-state index contributed by atoms with van der Waals surface area (Å²) in [4.78, 5) is 27.7. The largest absolute Gasteiger partial charge is 0.369 e. The van der Waals surface area contributed by atoms with Crippen LogP contribution in [0.5, 0.6) is 0 Å². The lowest BCUT2D eigenvalue weighted by atomic mass is 9.85. The first-order valence-corrected chi connectivity index (χ1v) is 7.16. The van der Waals surface area contributed by atoms with Crippen LogP contribution in [0.15, 0.2) is 37.6 Å². The first-order valence-electron chi connectivity index (χ1n) is 7.16. The molecule has 2 heterocycles. The van der Waals surface area contributed by atoms with Crippen molar-refractivity contribution in [1.82, 2.24) is 9.80 Å². The molecule has 1 saturated heterocycles. The average molecular weight is 290 g/mol. The zero-order valence-corrected chi connectivity index (χ0v) is 12.4. The number of likely N-dealkylation sites (tertiary alicyclic amines) is 1. The van der Waals surface area contributed by atoms with E-state index in [0.717, 1.165) is 6.42 Å². The van der Waals surface area contributed by atoms with E-state index in [0.29, 0.717) is 19.5 Å². The van der Waals surface area contributed by atoms with Gasteiger partial charge in [-0.2, -0.15) is 0 Å². The number of nitrogens with zero attached hydrogens (tertiary/aromatic N) is 2. The van der Waals surface area contributed by atoms with Crippen LogP contribution >= 0.6 is 0 Å². The minimum absolute atomic E-state index is 0.00935. The molecule has 2 aliphatic rings. The van der Waals surface area contributed by atoms with Crippen molar-refractivity contribution in [1.29, 1.82) is 0 Å². The smallest absolute Gasteiger partial charge is 0.254 e. The number of methoxy groups -OCH3 is 1. The van der Waals surface area contributed by atoms with E-state index in [4.69, 9.17) is 4.74 Å². The summed E-state index contributed by atoms with van der Waals surface area (Å²) in [6.45, 7) is 8.70. The molecule has 114 valence electrons. The van der Waals surface area contributed by atoms with Gasteiger partial charge in [-0.3, -0.25) is 9.59 Å². The molecule has 0 saturated carbocycles. The molecular formula is C16H22N2O3. The van der Waals surface area contributed by atoms with Crippen molar-refractivity contribution in [2.24, 2.45) is 0 Å². The second-order valence-electron chi connectivity index (χ2n) is 5.29. The predicted octanol–water partition coefficient (Wildman–Crippen LogP) is 1.13. The Morgan fingerprint density at radius 2 is 2.14 bits per heavy atom. The number of ether oxygens (including phenoxy) is 1. The van der Waals surface area contributed by atoms with Crippen molar-refractivity contribution in [2.75, 3.05) is 20.2 Å². The van der Waals surface area contributed by atoms with Crippen LogP contribution in [-0.2, 0) is 14.3 Å². The summed E-state index contributed by atoms with van der Waals surface area (Å²) >= 11 is 0. The van der Waals surface area contributed by atoms with Crippen LogP contribution in [0.3, 0.4) is 0 Å². The number of hydrogen-bond donors (Lipinski definition) is 0. The number of carbonyl (C=O) groups excluding carboxylic acids is 2. The van der Waals surface area contributed by atoms with E-state index in [1.54, 1.807) is 36.4 Å². The SMILES string of the molecule is C=CCCN1C(=O)[C@H](OC)[C@@H]1C1CC(=O)C=CN1CC=C. The Bertz CT molecular complexity index is 472. The predicted molar refractivity (Wildman–Crippen MR) is 80.6 cm³/mol. The van der Waals surface area contributed by atoms with E-state index in [1.807, 2.05) is 0 Å². The van der Waals surface area contributed by atoms with Gasteiger partial charge in [-0.1, -0.05) is 12.2 Å². The fraction of sp³-hybridized carbons (Fsp3) is 0.500. The lowest BCUT2D eigenvalue weighted by molar-refractivity contribution is -0.176. The fourth-order valence-corrected chi connectivity index (χ4v) is 3.02. The van der Waals surface area contributed by atoms with Gasteiger partial charge in [0.2, 0.25) is 0 Å². The molecule has 0 N–H and O–H groups in total. The quantitative estimate of drug-likeness (QED) is 0.521. The van der Waals surface area contributed by atoms with Gasteiger partial charge in [-0.15, -0.1) is 13.2 Å². The molecule has 2 rings (SSSR count). The zero-order valence-electron chi connectivity index (χ0n) is 12.4. The Morgan fingerprint density at radius 1 is 1.38 bits per heavy atom. The van der Waals surface area contributed by atoms with Crippen LogP contribution in [0, 0.1) is 0 Å². The van der Waals surface area contributed by atoms with Gasteiger partial charge in [0.15, 0.2) is 11.9 Å². The van der Waals surface area contributed by atoms with Gasteiger partial charge in [0.05, 0.1) is 12.1 Å². The molecule has 0 spiro atoms. The summed E-state index contributed by atoms with van der Waals surface area (Å²) in [5, 5.41) is 0. The highest BCUT2D eigenvalue weighted by atomic mass is 16.5. The number of allylic oxidation sites excluding steroid dienone is 1. The number of carbonyl (C=O) groups is 2. The molecule has 0 aromatic carbocycles. The standard InChI is InChI=1S/C16H22N2O3/c1-4-6-9-18-14(15(21-3)16(18)20)13-11-12(19)7-10-17(13)8-5-2/h4-5,7,10,13-15H,1-2,6,8-9,11H2,3H3/t13?,14-,15+/m0/s1. The van der Waals surface area contributed by atoms with Crippen LogP contribution < -0.4 is 0 Å². The molecule has 3 atom stereocenters. The van der Waals surface area contributed by atoms with E-state index >= 15 is 0 Å².